The Labute approximate surface area is 104 Å². The number of non-ortho nitro benzene ring substituents is 1. The minimum atomic E-state index is -0.698. The van der Waals surface area contributed by atoms with Crippen LogP contribution < -0.4 is 10.1 Å². The molecule has 1 aliphatic rings. The molecule has 0 saturated carbocycles. The zero-order valence-electron chi connectivity index (χ0n) is 10.3. The van der Waals surface area contributed by atoms with E-state index in [1.54, 1.807) is 0 Å². The first-order valence-electron chi connectivity index (χ1n) is 5.75. The molecule has 1 atom stereocenters. The predicted octanol–water partition coefficient (Wildman–Crippen LogP) is 2.34. The second-order valence-electron chi connectivity index (χ2n) is 4.63. The molecule has 1 heterocycles. The molecular weight excluding hydrogens is 239 g/mol. The van der Waals surface area contributed by atoms with E-state index in [0.29, 0.717) is 5.56 Å². The summed E-state index contributed by atoms with van der Waals surface area (Å²) >= 11 is 0. The summed E-state index contributed by atoms with van der Waals surface area (Å²) in [5, 5.41) is 14.0. The van der Waals surface area contributed by atoms with Crippen LogP contribution in [0.5, 0.6) is 5.75 Å². The van der Waals surface area contributed by atoms with Gasteiger partial charge in [-0.3, -0.25) is 10.1 Å². The lowest BCUT2D eigenvalue weighted by molar-refractivity contribution is -0.385. The SMILES string of the molecule is COc1c(F)cc([N+](=O)[O-])cc1C1(C)CCCN1. The molecule has 0 aliphatic carbocycles. The van der Waals surface area contributed by atoms with Crippen molar-refractivity contribution >= 4 is 5.69 Å². The lowest BCUT2D eigenvalue weighted by atomic mass is 9.89. The minimum absolute atomic E-state index is 0.0810. The molecule has 98 valence electrons. The van der Waals surface area contributed by atoms with Crippen molar-refractivity contribution in [2.24, 2.45) is 0 Å². The fourth-order valence-corrected chi connectivity index (χ4v) is 2.43. The van der Waals surface area contributed by atoms with Crippen LogP contribution in [0.2, 0.25) is 0 Å². The number of nitrogens with one attached hydrogen (secondary N) is 1. The van der Waals surface area contributed by atoms with Crippen molar-refractivity contribution in [3.63, 3.8) is 0 Å². The van der Waals surface area contributed by atoms with Crippen molar-refractivity contribution in [2.75, 3.05) is 13.7 Å². The smallest absolute Gasteiger partial charge is 0.272 e. The third-order valence-corrected chi connectivity index (χ3v) is 3.41. The molecule has 1 unspecified atom stereocenters. The van der Waals surface area contributed by atoms with E-state index in [0.717, 1.165) is 25.5 Å². The van der Waals surface area contributed by atoms with Gasteiger partial charge >= 0.3 is 0 Å². The van der Waals surface area contributed by atoms with Gasteiger partial charge in [-0.05, 0) is 26.3 Å². The van der Waals surface area contributed by atoms with Gasteiger partial charge < -0.3 is 10.1 Å². The Morgan fingerprint density at radius 3 is 2.78 bits per heavy atom. The lowest BCUT2D eigenvalue weighted by Gasteiger charge is -2.26. The van der Waals surface area contributed by atoms with Gasteiger partial charge in [-0.25, -0.2) is 4.39 Å². The molecule has 2 rings (SSSR count). The Hall–Kier alpha value is -1.69. The number of nitrogens with zero attached hydrogens (tertiary/aromatic N) is 1. The summed E-state index contributed by atoms with van der Waals surface area (Å²) in [5.74, 6) is -0.617. The highest BCUT2D eigenvalue weighted by Crippen LogP contribution is 2.39. The number of methoxy groups -OCH3 is 1. The van der Waals surface area contributed by atoms with Crippen LogP contribution in [0.3, 0.4) is 0 Å². The normalized spacial score (nSPS) is 23.1. The quantitative estimate of drug-likeness (QED) is 0.664. The van der Waals surface area contributed by atoms with Crippen LogP contribution >= 0.6 is 0 Å². The maximum absolute atomic E-state index is 13.8. The van der Waals surface area contributed by atoms with Crippen LogP contribution in [0.15, 0.2) is 12.1 Å². The molecule has 1 saturated heterocycles. The van der Waals surface area contributed by atoms with E-state index in [9.17, 15) is 14.5 Å². The van der Waals surface area contributed by atoms with Gasteiger partial charge in [0.2, 0.25) is 0 Å². The summed E-state index contributed by atoms with van der Waals surface area (Å²) in [6.07, 6.45) is 1.74. The minimum Gasteiger partial charge on any atom is -0.493 e. The second-order valence-corrected chi connectivity index (χ2v) is 4.63. The summed E-state index contributed by atoms with van der Waals surface area (Å²) in [6.45, 7) is 2.71. The van der Waals surface area contributed by atoms with Gasteiger partial charge in [0.15, 0.2) is 11.6 Å². The van der Waals surface area contributed by atoms with Crippen molar-refractivity contribution in [3.8, 4) is 5.75 Å². The van der Waals surface area contributed by atoms with Crippen molar-refractivity contribution in [2.45, 2.75) is 25.3 Å². The molecule has 0 spiro atoms. The molecule has 0 aromatic heterocycles. The van der Waals surface area contributed by atoms with Gasteiger partial charge in [0.1, 0.15) is 0 Å². The maximum atomic E-state index is 13.8. The number of halogens is 1. The lowest BCUT2D eigenvalue weighted by Crippen LogP contribution is -2.33. The first kappa shape index (κ1) is 12.8. The first-order valence-corrected chi connectivity index (χ1v) is 5.75. The van der Waals surface area contributed by atoms with Gasteiger partial charge in [0.25, 0.3) is 5.69 Å². The molecule has 1 N–H and O–H groups in total. The largest absolute Gasteiger partial charge is 0.493 e. The van der Waals surface area contributed by atoms with Gasteiger partial charge in [0, 0.05) is 17.2 Å². The summed E-state index contributed by atoms with van der Waals surface area (Å²) in [4.78, 5) is 10.2. The Kier molecular flexibility index (Phi) is 3.21. The molecule has 5 nitrogen and oxygen atoms in total. The molecule has 6 heteroatoms. The predicted molar refractivity (Wildman–Crippen MR) is 64.2 cm³/mol. The standard InChI is InChI=1S/C12H15FN2O3/c1-12(4-3-5-14-12)9-6-8(15(16)17)7-10(13)11(9)18-2/h6-7,14H,3-5H2,1-2H3. The van der Waals surface area contributed by atoms with Crippen LogP contribution in [-0.4, -0.2) is 18.6 Å². The topological polar surface area (TPSA) is 64.4 Å². The Balaban J connectivity index is 2.59. The molecule has 0 radical (unpaired) electrons. The van der Waals surface area contributed by atoms with Crippen LogP contribution in [0.1, 0.15) is 25.3 Å². The highest BCUT2D eigenvalue weighted by atomic mass is 19.1. The summed E-state index contributed by atoms with van der Waals surface area (Å²) < 4.78 is 18.9. The fourth-order valence-electron chi connectivity index (χ4n) is 2.43. The van der Waals surface area contributed by atoms with Gasteiger partial charge in [-0.15, -0.1) is 0 Å². The van der Waals surface area contributed by atoms with E-state index in [2.05, 4.69) is 5.32 Å². The van der Waals surface area contributed by atoms with Gasteiger partial charge in [-0.2, -0.15) is 0 Å². The number of rotatable bonds is 3. The molecule has 1 aromatic rings. The molecule has 0 bridgehead atoms. The van der Waals surface area contributed by atoms with Crippen LogP contribution in [-0.2, 0) is 5.54 Å². The number of nitro benzene ring substituents is 1. The van der Waals surface area contributed by atoms with E-state index in [1.807, 2.05) is 6.92 Å². The highest BCUT2D eigenvalue weighted by molar-refractivity contribution is 5.48. The third-order valence-electron chi connectivity index (χ3n) is 3.41. The first-order chi connectivity index (χ1) is 8.48. The van der Waals surface area contributed by atoms with Crippen molar-refractivity contribution < 1.29 is 14.1 Å². The van der Waals surface area contributed by atoms with Crippen LogP contribution in [0, 0.1) is 15.9 Å². The maximum Gasteiger partial charge on any atom is 0.272 e. The zero-order valence-corrected chi connectivity index (χ0v) is 10.3. The molecule has 1 fully saturated rings. The average Bonchev–Trinajstić information content (AvgIpc) is 2.76. The molecular formula is C12H15FN2O3. The van der Waals surface area contributed by atoms with Crippen LogP contribution in [0.25, 0.3) is 0 Å². The summed E-state index contributed by atoms with van der Waals surface area (Å²) in [6, 6.07) is 2.28. The van der Waals surface area contributed by atoms with Crippen LogP contribution in [0.4, 0.5) is 10.1 Å². The van der Waals surface area contributed by atoms with Crippen molar-refractivity contribution in [1.82, 2.24) is 5.32 Å². The summed E-state index contributed by atoms with van der Waals surface area (Å²) in [5.41, 5.74) is -0.217. The Bertz CT molecular complexity index is 484. The number of nitro groups is 1. The fraction of sp³-hybridized carbons (Fsp3) is 0.500. The number of ether oxygens (including phenoxy) is 1. The Morgan fingerprint density at radius 2 is 2.28 bits per heavy atom. The number of hydrogen-bond acceptors (Lipinski definition) is 4. The molecule has 18 heavy (non-hydrogen) atoms. The Morgan fingerprint density at radius 1 is 1.56 bits per heavy atom. The monoisotopic (exact) mass is 254 g/mol. The van der Waals surface area contributed by atoms with E-state index >= 15 is 0 Å². The highest BCUT2D eigenvalue weighted by Gasteiger charge is 2.35. The van der Waals surface area contributed by atoms with Gasteiger partial charge in [-0.1, -0.05) is 0 Å². The zero-order chi connectivity index (χ0) is 13.3. The summed E-state index contributed by atoms with van der Waals surface area (Å²) in [7, 11) is 1.37. The van der Waals surface area contributed by atoms with E-state index in [-0.39, 0.29) is 11.4 Å². The van der Waals surface area contributed by atoms with E-state index in [1.165, 1.54) is 13.2 Å². The van der Waals surface area contributed by atoms with E-state index < -0.39 is 16.3 Å². The number of benzene rings is 1. The molecule has 1 aliphatic heterocycles. The number of hydrogen-bond donors (Lipinski definition) is 1. The molecule has 0 amide bonds. The van der Waals surface area contributed by atoms with E-state index in [4.69, 9.17) is 4.74 Å². The van der Waals surface area contributed by atoms with Gasteiger partial charge in [0.05, 0.1) is 18.1 Å². The van der Waals surface area contributed by atoms with Crippen molar-refractivity contribution in [1.29, 1.82) is 0 Å². The van der Waals surface area contributed by atoms with Crippen molar-refractivity contribution in [3.05, 3.63) is 33.6 Å². The third kappa shape index (κ3) is 2.03. The molecule has 1 aromatic carbocycles. The second kappa shape index (κ2) is 4.53. The average molecular weight is 254 g/mol.